The van der Waals surface area contributed by atoms with Crippen molar-refractivity contribution >= 4 is 45.1 Å². The van der Waals surface area contributed by atoms with Crippen molar-refractivity contribution in [2.24, 2.45) is 9.98 Å². The van der Waals surface area contributed by atoms with Gasteiger partial charge in [0.1, 0.15) is 5.70 Å². The van der Waals surface area contributed by atoms with Crippen molar-refractivity contribution in [2.45, 2.75) is 20.8 Å². The Kier molecular flexibility index (Phi) is 8.20. The summed E-state index contributed by atoms with van der Waals surface area (Å²) in [7, 11) is 0. The van der Waals surface area contributed by atoms with Crippen LogP contribution in [0.3, 0.4) is 0 Å². The van der Waals surface area contributed by atoms with Gasteiger partial charge < -0.3 is 14.7 Å². The monoisotopic (exact) mass is 774 g/mol. The van der Waals surface area contributed by atoms with Crippen molar-refractivity contribution < 1.29 is 9.53 Å². The van der Waals surface area contributed by atoms with Crippen molar-refractivity contribution in [1.82, 2.24) is 9.97 Å². The predicted molar refractivity (Wildman–Crippen MR) is 240 cm³/mol. The van der Waals surface area contributed by atoms with Crippen LogP contribution in [0.5, 0.6) is 0 Å². The molecule has 0 amide bonds. The number of nitrogens with zero attached hydrogens (tertiary/aromatic N) is 2. The fourth-order valence-electron chi connectivity index (χ4n) is 8.72. The van der Waals surface area contributed by atoms with E-state index in [0.29, 0.717) is 22.7 Å². The zero-order chi connectivity index (χ0) is 40.5. The molecule has 8 aromatic rings. The number of hydrogen-bond acceptors (Lipinski definition) is 4. The number of ether oxygens (including phenoxy) is 1. The highest BCUT2D eigenvalue weighted by molar-refractivity contribution is 6.30. The minimum Gasteiger partial charge on any atom is -0.420 e. The SMILES string of the molecule is Cc1ccc(C2=C3C=CC(=N3)C(c3ccc(C)cc3)=c3ccc([nH]3)=c3c4c(c(-c5ccccc5)c5cc(C)ccc35)C(OC(=O)c3ccccc3)=C(N=4)c3ccc2[nH]3)cc1. The number of allylic oxidation sites excluding steroid dienone is 2. The van der Waals surface area contributed by atoms with Crippen LogP contribution in [0.25, 0.3) is 44.5 Å². The predicted octanol–water partition coefficient (Wildman–Crippen LogP) is 10.7. The first-order chi connectivity index (χ1) is 29.4. The van der Waals surface area contributed by atoms with Gasteiger partial charge in [0.05, 0.1) is 33.6 Å². The van der Waals surface area contributed by atoms with Gasteiger partial charge in [0.15, 0.2) is 5.76 Å². The molecule has 0 saturated heterocycles. The molecule has 0 unspecified atom stereocenters. The van der Waals surface area contributed by atoms with Crippen molar-refractivity contribution in [3.63, 3.8) is 0 Å². The molecule has 6 nitrogen and oxygen atoms in total. The molecule has 3 aliphatic heterocycles. The number of rotatable bonds is 5. The molecule has 0 aliphatic carbocycles. The van der Waals surface area contributed by atoms with Gasteiger partial charge in [0, 0.05) is 38.3 Å². The van der Waals surface area contributed by atoms with Crippen molar-refractivity contribution in [2.75, 3.05) is 0 Å². The van der Waals surface area contributed by atoms with E-state index in [2.05, 4.69) is 140 Å². The summed E-state index contributed by atoms with van der Waals surface area (Å²) in [5.41, 5.74) is 14.5. The summed E-state index contributed by atoms with van der Waals surface area (Å²) >= 11 is 0. The zero-order valence-electron chi connectivity index (χ0n) is 33.3. The van der Waals surface area contributed by atoms with E-state index >= 15 is 0 Å². The molecular formula is C54H38N4O2. The first-order valence-electron chi connectivity index (χ1n) is 20.2. The number of aromatic amines is 2. The van der Waals surface area contributed by atoms with Crippen molar-refractivity contribution in [1.29, 1.82) is 0 Å². The number of esters is 1. The largest absolute Gasteiger partial charge is 0.420 e. The Morgan fingerprint density at radius 3 is 1.92 bits per heavy atom. The first kappa shape index (κ1) is 35.3. The quantitative estimate of drug-likeness (QED) is 0.171. The number of hydrogen-bond donors (Lipinski definition) is 2. The van der Waals surface area contributed by atoms with Gasteiger partial charge in [0.2, 0.25) is 0 Å². The summed E-state index contributed by atoms with van der Waals surface area (Å²) in [6.07, 6.45) is 4.22. The molecule has 0 fully saturated rings. The second-order valence-electron chi connectivity index (χ2n) is 15.7. The van der Waals surface area contributed by atoms with E-state index in [1.165, 1.54) is 11.1 Å². The lowest BCUT2D eigenvalue weighted by Gasteiger charge is -2.16. The minimum atomic E-state index is -0.461. The molecule has 286 valence electrons. The lowest BCUT2D eigenvalue weighted by Crippen LogP contribution is -2.16. The fraction of sp³-hybridized carbons (Fsp3) is 0.0556. The highest BCUT2D eigenvalue weighted by Gasteiger charge is 2.31. The van der Waals surface area contributed by atoms with Crippen LogP contribution in [-0.2, 0) is 4.74 Å². The standard InChI is InChI=1S/C54H38N4O2/c1-31-14-19-35(20-15-31)47-40-24-25-41(55-40)48(36-21-16-32(2)17-22-36)43-28-29-45(57-43)51-53(60-54(59)37-12-8-5-9-13-37)50-46(34-10-6-4-7-11-34)39-30-33(3)18-23-38(39)49(52(50)58-51)44-27-26-42(47)56-44/h4-30,56-57H,1-3H3. The van der Waals surface area contributed by atoms with E-state index in [1.807, 2.05) is 42.5 Å². The third kappa shape index (κ3) is 5.84. The number of fused-ring (bicyclic) bond motifs is 9. The molecule has 11 rings (SSSR count). The Balaban J connectivity index is 1.33. The number of aryl methyl sites for hydroxylation is 3. The summed E-state index contributed by atoms with van der Waals surface area (Å²) in [6, 6.07) is 51.6. The molecule has 6 heteroatoms. The van der Waals surface area contributed by atoms with E-state index in [9.17, 15) is 4.79 Å². The third-order valence-corrected chi connectivity index (χ3v) is 11.6. The fourth-order valence-corrected chi connectivity index (χ4v) is 8.72. The van der Waals surface area contributed by atoms with Gasteiger partial charge in [0.25, 0.3) is 0 Å². The van der Waals surface area contributed by atoms with Crippen molar-refractivity contribution in [3.05, 3.63) is 241 Å². The Hall–Kier alpha value is -7.83. The summed E-state index contributed by atoms with van der Waals surface area (Å²) in [6.45, 7) is 6.31. The summed E-state index contributed by atoms with van der Waals surface area (Å²) < 4.78 is 6.66. The van der Waals surface area contributed by atoms with Crippen LogP contribution in [0.2, 0.25) is 0 Å². The second-order valence-corrected chi connectivity index (χ2v) is 15.7. The van der Waals surface area contributed by atoms with Crippen LogP contribution in [-0.4, -0.2) is 21.6 Å². The molecule has 0 radical (unpaired) electrons. The van der Waals surface area contributed by atoms with Gasteiger partial charge in [-0.3, -0.25) is 0 Å². The van der Waals surface area contributed by atoms with Crippen LogP contribution in [0.1, 0.15) is 55.1 Å². The van der Waals surface area contributed by atoms with Gasteiger partial charge >= 0.3 is 5.97 Å². The Morgan fingerprint density at radius 2 is 1.18 bits per heavy atom. The average Bonchev–Trinajstić information content (AvgIpc) is 4.11. The minimum absolute atomic E-state index is 0.396. The third-order valence-electron chi connectivity index (χ3n) is 11.6. The summed E-state index contributed by atoms with van der Waals surface area (Å²) in [5, 5.41) is 5.52. The highest BCUT2D eigenvalue weighted by Crippen LogP contribution is 2.42. The number of carbonyl (C=O) groups excluding carboxylic acids is 1. The first-order valence-corrected chi connectivity index (χ1v) is 20.2. The maximum atomic E-state index is 14.3. The van der Waals surface area contributed by atoms with Gasteiger partial charge in [-0.2, -0.15) is 0 Å². The maximum absolute atomic E-state index is 14.3. The van der Waals surface area contributed by atoms with Gasteiger partial charge in [-0.15, -0.1) is 0 Å². The van der Waals surface area contributed by atoms with Crippen LogP contribution >= 0.6 is 0 Å². The van der Waals surface area contributed by atoms with Gasteiger partial charge in [-0.1, -0.05) is 132 Å². The van der Waals surface area contributed by atoms with E-state index < -0.39 is 5.97 Å². The molecule has 6 aromatic carbocycles. The smallest absolute Gasteiger partial charge is 0.343 e. The second kappa shape index (κ2) is 13.9. The molecule has 0 saturated carbocycles. The maximum Gasteiger partial charge on any atom is 0.343 e. The zero-order valence-corrected chi connectivity index (χ0v) is 33.3. The number of benzene rings is 6. The van der Waals surface area contributed by atoms with E-state index in [-0.39, 0.29) is 0 Å². The number of carbonyl (C=O) groups is 1. The van der Waals surface area contributed by atoms with Gasteiger partial charge in [-0.05, 0) is 96.8 Å². The average molecular weight is 775 g/mol. The molecule has 0 atom stereocenters. The lowest BCUT2D eigenvalue weighted by atomic mass is 9.89. The number of H-pyrrole nitrogens is 2. The molecule has 60 heavy (non-hydrogen) atoms. The molecular weight excluding hydrogens is 737 g/mol. The van der Waals surface area contributed by atoms with Crippen LogP contribution < -0.4 is 10.7 Å². The highest BCUT2D eigenvalue weighted by atomic mass is 16.5. The number of aromatic nitrogens is 2. The van der Waals surface area contributed by atoms with E-state index in [0.717, 1.165) is 93.7 Å². The molecule has 5 heterocycles. The molecule has 2 N–H and O–H groups in total. The molecule has 2 aromatic heterocycles. The van der Waals surface area contributed by atoms with E-state index in [4.69, 9.17) is 14.7 Å². The lowest BCUT2D eigenvalue weighted by molar-refractivity contribution is 0.0693. The van der Waals surface area contributed by atoms with Crippen LogP contribution in [0.15, 0.2) is 179 Å². The Bertz CT molecular complexity index is 3460. The topological polar surface area (TPSA) is 82.6 Å². The van der Waals surface area contributed by atoms with Crippen LogP contribution in [0.4, 0.5) is 0 Å². The molecule has 8 bridgehead atoms. The summed E-state index contributed by atoms with van der Waals surface area (Å²) in [4.78, 5) is 32.8. The van der Waals surface area contributed by atoms with Crippen LogP contribution in [0, 0.1) is 31.3 Å². The number of aliphatic imine (C=N–C) groups is 1. The molecule has 3 aliphatic rings. The summed E-state index contributed by atoms with van der Waals surface area (Å²) in [5.74, 6) is -0.0655. The normalized spacial score (nSPS) is 14.0. The van der Waals surface area contributed by atoms with Crippen molar-refractivity contribution in [3.8, 4) is 11.1 Å². The van der Waals surface area contributed by atoms with E-state index in [1.54, 1.807) is 12.1 Å². The Morgan fingerprint density at radius 1 is 0.533 bits per heavy atom. The van der Waals surface area contributed by atoms with Gasteiger partial charge in [-0.25, -0.2) is 14.8 Å². The Labute approximate surface area is 346 Å². The number of nitrogens with one attached hydrogen (secondary N) is 2. The molecule has 0 spiro atoms.